The summed E-state index contributed by atoms with van der Waals surface area (Å²) in [7, 11) is 0. The van der Waals surface area contributed by atoms with Gasteiger partial charge in [-0.1, -0.05) is 129 Å². The Morgan fingerprint density at radius 2 is 1.00 bits per heavy atom. The normalized spacial score (nSPS) is 13.5. The Bertz CT molecular complexity index is 2700. The topological polar surface area (TPSA) is 9.86 Å². The molecule has 10 rings (SSSR count). The molecule has 47 heavy (non-hydrogen) atoms. The van der Waals surface area contributed by atoms with E-state index in [1.165, 1.54) is 88.4 Å². The van der Waals surface area contributed by atoms with Gasteiger partial charge in [0.2, 0.25) is 0 Å². The molecule has 0 fully saturated rings. The standard InChI is InChI=1S/C45H32N2/c1-45(2)36-22-9-6-18-32(36)33-21-13-25-41(44(33)45)47-38-24-11-8-20-35(38)43-40(47)27-26-39-42(43)34-19-7-10-23-37(34)46(39)31-17-12-16-30(28-31)29-14-4-3-5-15-29/h3-28H,1-2H3. The molecule has 1 aliphatic rings. The quantitative estimate of drug-likeness (QED) is 0.191. The monoisotopic (exact) mass is 600 g/mol. The third kappa shape index (κ3) is 3.56. The second-order valence-corrected chi connectivity index (χ2v) is 13.3. The first kappa shape index (κ1) is 26.4. The molecule has 0 atom stereocenters. The minimum atomic E-state index is -0.121. The Hall–Kier alpha value is -5.86. The van der Waals surface area contributed by atoms with Crippen LogP contribution in [0.3, 0.4) is 0 Å². The maximum atomic E-state index is 2.53. The van der Waals surface area contributed by atoms with Gasteiger partial charge in [-0.2, -0.15) is 0 Å². The first-order valence-electron chi connectivity index (χ1n) is 16.5. The van der Waals surface area contributed by atoms with Crippen molar-refractivity contribution in [3.63, 3.8) is 0 Å². The highest BCUT2D eigenvalue weighted by atomic mass is 15.0. The van der Waals surface area contributed by atoms with E-state index in [0.717, 1.165) is 0 Å². The number of aromatic nitrogens is 2. The molecule has 0 saturated heterocycles. The van der Waals surface area contributed by atoms with Crippen molar-refractivity contribution in [1.29, 1.82) is 0 Å². The van der Waals surface area contributed by atoms with Crippen molar-refractivity contribution < 1.29 is 0 Å². The van der Waals surface area contributed by atoms with Gasteiger partial charge in [-0.3, -0.25) is 0 Å². The van der Waals surface area contributed by atoms with Crippen LogP contribution in [0.5, 0.6) is 0 Å². The number of fused-ring (bicyclic) bond motifs is 10. The summed E-state index contributed by atoms with van der Waals surface area (Å²) in [5.41, 5.74) is 15.1. The highest BCUT2D eigenvalue weighted by molar-refractivity contribution is 6.29. The van der Waals surface area contributed by atoms with Gasteiger partial charge >= 0.3 is 0 Å². The van der Waals surface area contributed by atoms with Crippen molar-refractivity contribution in [2.45, 2.75) is 19.3 Å². The van der Waals surface area contributed by atoms with Crippen molar-refractivity contribution in [2.24, 2.45) is 0 Å². The van der Waals surface area contributed by atoms with E-state index in [1.54, 1.807) is 0 Å². The van der Waals surface area contributed by atoms with Crippen molar-refractivity contribution in [3.05, 3.63) is 169 Å². The summed E-state index contributed by atoms with van der Waals surface area (Å²) < 4.78 is 4.97. The molecule has 0 saturated carbocycles. The molecule has 0 N–H and O–H groups in total. The molecule has 2 heterocycles. The Kier molecular flexibility index (Phi) is 5.37. The Morgan fingerprint density at radius 1 is 0.426 bits per heavy atom. The van der Waals surface area contributed by atoms with Crippen LogP contribution in [0.2, 0.25) is 0 Å². The average molecular weight is 601 g/mol. The van der Waals surface area contributed by atoms with E-state index in [4.69, 9.17) is 0 Å². The Balaban J connectivity index is 1.31. The lowest BCUT2D eigenvalue weighted by atomic mass is 9.81. The average Bonchev–Trinajstić information content (AvgIpc) is 3.72. The third-order valence-corrected chi connectivity index (χ3v) is 10.5. The molecule has 0 radical (unpaired) electrons. The van der Waals surface area contributed by atoms with Crippen molar-refractivity contribution in [1.82, 2.24) is 9.13 Å². The van der Waals surface area contributed by atoms with Gasteiger partial charge in [0.1, 0.15) is 0 Å². The lowest BCUT2D eigenvalue weighted by molar-refractivity contribution is 0.656. The molecule has 222 valence electrons. The Morgan fingerprint density at radius 3 is 1.77 bits per heavy atom. The third-order valence-electron chi connectivity index (χ3n) is 10.5. The molecule has 0 bridgehead atoms. The fraction of sp³-hybridized carbons (Fsp3) is 0.0667. The molecule has 0 amide bonds. The summed E-state index contributed by atoms with van der Waals surface area (Å²) in [4.78, 5) is 0. The second kappa shape index (κ2) is 9.57. The SMILES string of the molecule is CC1(C)c2ccccc2-c2cccc(-n3c4ccccc4c4c5c6ccccc6n(-c6cccc(-c7ccccc7)c6)c5ccc43)c21. The van der Waals surface area contributed by atoms with Crippen LogP contribution < -0.4 is 0 Å². The number of benzene rings is 7. The van der Waals surface area contributed by atoms with Crippen LogP contribution in [0.4, 0.5) is 0 Å². The molecule has 2 aromatic heterocycles. The molecule has 2 nitrogen and oxygen atoms in total. The zero-order valence-corrected chi connectivity index (χ0v) is 26.4. The van der Waals surface area contributed by atoms with Crippen LogP contribution in [0.1, 0.15) is 25.0 Å². The predicted molar refractivity (Wildman–Crippen MR) is 198 cm³/mol. The van der Waals surface area contributed by atoms with Gasteiger partial charge in [0, 0.05) is 32.6 Å². The lowest BCUT2D eigenvalue weighted by Gasteiger charge is -2.25. The zero-order chi connectivity index (χ0) is 31.3. The number of nitrogens with zero attached hydrogens (tertiary/aromatic N) is 2. The van der Waals surface area contributed by atoms with Crippen LogP contribution >= 0.6 is 0 Å². The van der Waals surface area contributed by atoms with Gasteiger partial charge in [0.15, 0.2) is 0 Å². The first-order valence-corrected chi connectivity index (χ1v) is 16.5. The van der Waals surface area contributed by atoms with Crippen LogP contribution in [0.25, 0.3) is 77.2 Å². The largest absolute Gasteiger partial charge is 0.309 e. The Labute approximate surface area is 273 Å². The molecule has 2 heteroatoms. The summed E-state index contributed by atoms with van der Waals surface area (Å²) in [5, 5.41) is 5.15. The predicted octanol–water partition coefficient (Wildman–Crippen LogP) is 11.9. The van der Waals surface area contributed by atoms with E-state index in [2.05, 4.69) is 181 Å². The van der Waals surface area contributed by atoms with Crippen molar-refractivity contribution in [2.75, 3.05) is 0 Å². The molecule has 9 aromatic rings. The van der Waals surface area contributed by atoms with Crippen LogP contribution in [0.15, 0.2) is 158 Å². The maximum Gasteiger partial charge on any atom is 0.0549 e. The maximum absolute atomic E-state index is 2.53. The summed E-state index contributed by atoms with van der Waals surface area (Å²) in [6, 6.07) is 57.9. The van der Waals surface area contributed by atoms with E-state index < -0.39 is 0 Å². The van der Waals surface area contributed by atoms with Crippen molar-refractivity contribution >= 4 is 43.6 Å². The summed E-state index contributed by atoms with van der Waals surface area (Å²) in [6.07, 6.45) is 0. The van der Waals surface area contributed by atoms with Gasteiger partial charge in [-0.25, -0.2) is 0 Å². The van der Waals surface area contributed by atoms with Gasteiger partial charge in [0.05, 0.1) is 27.8 Å². The number of para-hydroxylation sites is 2. The van der Waals surface area contributed by atoms with Gasteiger partial charge in [0.25, 0.3) is 0 Å². The molecular formula is C45H32N2. The number of rotatable bonds is 3. The van der Waals surface area contributed by atoms with E-state index >= 15 is 0 Å². The van der Waals surface area contributed by atoms with E-state index in [9.17, 15) is 0 Å². The van der Waals surface area contributed by atoms with Crippen LogP contribution in [-0.4, -0.2) is 9.13 Å². The number of hydrogen-bond acceptors (Lipinski definition) is 0. The second-order valence-electron chi connectivity index (χ2n) is 13.3. The van der Waals surface area contributed by atoms with E-state index in [1.807, 2.05) is 0 Å². The van der Waals surface area contributed by atoms with Crippen LogP contribution in [0, 0.1) is 0 Å². The molecule has 7 aromatic carbocycles. The zero-order valence-electron chi connectivity index (χ0n) is 26.4. The molecule has 0 aliphatic heterocycles. The van der Waals surface area contributed by atoms with E-state index in [-0.39, 0.29) is 5.41 Å². The molecule has 0 unspecified atom stereocenters. The minimum Gasteiger partial charge on any atom is -0.309 e. The molecule has 0 spiro atoms. The summed E-state index contributed by atoms with van der Waals surface area (Å²) >= 11 is 0. The summed E-state index contributed by atoms with van der Waals surface area (Å²) in [6.45, 7) is 4.76. The lowest BCUT2D eigenvalue weighted by Crippen LogP contribution is -2.17. The summed E-state index contributed by atoms with van der Waals surface area (Å²) in [5.74, 6) is 0. The van der Waals surface area contributed by atoms with Crippen molar-refractivity contribution in [3.8, 4) is 33.6 Å². The molecular weight excluding hydrogens is 569 g/mol. The highest BCUT2D eigenvalue weighted by Gasteiger charge is 2.38. The number of hydrogen-bond donors (Lipinski definition) is 0. The fourth-order valence-electron chi connectivity index (χ4n) is 8.52. The molecule has 1 aliphatic carbocycles. The van der Waals surface area contributed by atoms with Gasteiger partial charge in [-0.05, 0) is 75.8 Å². The smallest absolute Gasteiger partial charge is 0.0549 e. The first-order chi connectivity index (χ1) is 23.1. The van der Waals surface area contributed by atoms with Crippen LogP contribution in [-0.2, 0) is 5.41 Å². The van der Waals surface area contributed by atoms with Gasteiger partial charge < -0.3 is 9.13 Å². The highest BCUT2D eigenvalue weighted by Crippen LogP contribution is 2.52. The minimum absolute atomic E-state index is 0.121. The van der Waals surface area contributed by atoms with Gasteiger partial charge in [-0.15, -0.1) is 0 Å². The van der Waals surface area contributed by atoms with E-state index in [0.29, 0.717) is 0 Å². The fourth-order valence-corrected chi connectivity index (χ4v) is 8.52.